The van der Waals surface area contributed by atoms with Crippen LogP contribution in [-0.2, 0) is 12.7 Å². The summed E-state index contributed by atoms with van der Waals surface area (Å²) < 4.78 is 38.8. The Bertz CT molecular complexity index is 421. The number of hydrogen-bond acceptors (Lipinski definition) is 2. The molecule has 0 saturated heterocycles. The third-order valence-corrected chi connectivity index (χ3v) is 3.68. The summed E-state index contributed by atoms with van der Waals surface area (Å²) in [6.07, 6.45) is -3.22. The molecule has 2 nitrogen and oxygen atoms in total. The molecule has 0 bridgehead atoms. The van der Waals surface area contributed by atoms with Crippen molar-refractivity contribution in [3.8, 4) is 0 Å². The molecule has 0 aliphatic heterocycles. The molecule has 1 aromatic rings. The molecular formula is C14H20BrF3N2. The van der Waals surface area contributed by atoms with E-state index in [9.17, 15) is 13.2 Å². The standard InChI is InChI=1S/C14H20BrF3N2/c1-3-6-19-7-8-20(2)10-11-9-12(14(16,17)18)4-5-13(11)15/h4-5,9,19H,3,6-8,10H2,1-2H3. The van der Waals surface area contributed by atoms with Crippen LogP contribution in [0.1, 0.15) is 24.5 Å². The Hall–Kier alpha value is -0.590. The van der Waals surface area contributed by atoms with E-state index < -0.39 is 11.7 Å². The second-order valence-electron chi connectivity index (χ2n) is 4.79. The first-order valence-corrected chi connectivity index (χ1v) is 7.38. The lowest BCUT2D eigenvalue weighted by molar-refractivity contribution is -0.137. The molecule has 0 aliphatic rings. The zero-order chi connectivity index (χ0) is 15.2. The molecule has 114 valence electrons. The van der Waals surface area contributed by atoms with Crippen LogP contribution in [0, 0.1) is 0 Å². The molecule has 6 heteroatoms. The van der Waals surface area contributed by atoms with E-state index in [0.717, 1.165) is 32.1 Å². The van der Waals surface area contributed by atoms with Gasteiger partial charge in [-0.1, -0.05) is 22.9 Å². The Labute approximate surface area is 126 Å². The predicted molar refractivity (Wildman–Crippen MR) is 78.6 cm³/mol. The molecule has 0 saturated carbocycles. The van der Waals surface area contributed by atoms with Gasteiger partial charge in [-0.3, -0.25) is 0 Å². The largest absolute Gasteiger partial charge is 0.416 e. The zero-order valence-corrected chi connectivity index (χ0v) is 13.3. The first kappa shape index (κ1) is 17.5. The minimum atomic E-state index is -4.29. The van der Waals surface area contributed by atoms with Gasteiger partial charge in [0.25, 0.3) is 0 Å². The number of hydrogen-bond donors (Lipinski definition) is 1. The van der Waals surface area contributed by atoms with E-state index >= 15 is 0 Å². The summed E-state index contributed by atoms with van der Waals surface area (Å²) in [5.41, 5.74) is 0.0472. The van der Waals surface area contributed by atoms with Crippen LogP contribution in [0.3, 0.4) is 0 Å². The molecule has 0 aromatic heterocycles. The van der Waals surface area contributed by atoms with Crippen molar-refractivity contribution in [2.24, 2.45) is 0 Å². The van der Waals surface area contributed by atoms with Gasteiger partial charge in [0.2, 0.25) is 0 Å². The molecule has 0 radical (unpaired) electrons. The van der Waals surface area contributed by atoms with Gasteiger partial charge in [-0.15, -0.1) is 0 Å². The second-order valence-corrected chi connectivity index (χ2v) is 5.65. The van der Waals surface area contributed by atoms with Crippen molar-refractivity contribution in [1.29, 1.82) is 0 Å². The molecule has 0 amide bonds. The van der Waals surface area contributed by atoms with Crippen molar-refractivity contribution in [2.75, 3.05) is 26.7 Å². The van der Waals surface area contributed by atoms with Crippen molar-refractivity contribution < 1.29 is 13.2 Å². The highest BCUT2D eigenvalue weighted by Gasteiger charge is 2.30. The third-order valence-electron chi connectivity index (χ3n) is 2.91. The Morgan fingerprint density at radius 1 is 1.25 bits per heavy atom. The maximum atomic E-state index is 12.7. The Morgan fingerprint density at radius 2 is 1.95 bits per heavy atom. The lowest BCUT2D eigenvalue weighted by Crippen LogP contribution is -2.29. The number of halogens is 4. The van der Waals surface area contributed by atoms with Crippen molar-refractivity contribution in [2.45, 2.75) is 26.1 Å². The van der Waals surface area contributed by atoms with E-state index in [1.54, 1.807) is 0 Å². The van der Waals surface area contributed by atoms with Gasteiger partial charge in [0.05, 0.1) is 5.56 Å². The van der Waals surface area contributed by atoms with Gasteiger partial charge in [-0.25, -0.2) is 0 Å². The lowest BCUT2D eigenvalue weighted by Gasteiger charge is -2.19. The molecule has 0 heterocycles. The normalized spacial score (nSPS) is 12.2. The monoisotopic (exact) mass is 352 g/mol. The fourth-order valence-corrected chi connectivity index (χ4v) is 2.19. The molecule has 20 heavy (non-hydrogen) atoms. The lowest BCUT2D eigenvalue weighted by atomic mass is 10.1. The summed E-state index contributed by atoms with van der Waals surface area (Å²) in [4.78, 5) is 2.00. The zero-order valence-electron chi connectivity index (χ0n) is 11.7. The summed E-state index contributed by atoms with van der Waals surface area (Å²) in [6, 6.07) is 3.76. The van der Waals surface area contributed by atoms with E-state index in [4.69, 9.17) is 0 Å². The van der Waals surface area contributed by atoms with Crippen molar-refractivity contribution in [3.63, 3.8) is 0 Å². The summed E-state index contributed by atoms with van der Waals surface area (Å²) >= 11 is 3.31. The fraction of sp³-hybridized carbons (Fsp3) is 0.571. The second kappa shape index (κ2) is 8.00. The minimum Gasteiger partial charge on any atom is -0.315 e. The van der Waals surface area contributed by atoms with E-state index in [1.807, 2.05) is 11.9 Å². The third kappa shape index (κ3) is 5.81. The van der Waals surface area contributed by atoms with Crippen LogP contribution in [-0.4, -0.2) is 31.6 Å². The smallest absolute Gasteiger partial charge is 0.315 e. The predicted octanol–water partition coefficient (Wildman–Crippen LogP) is 3.90. The summed E-state index contributed by atoms with van der Waals surface area (Å²) in [5, 5.41) is 3.27. The van der Waals surface area contributed by atoms with Gasteiger partial charge in [0.1, 0.15) is 0 Å². The maximum Gasteiger partial charge on any atom is 0.416 e. The average molecular weight is 353 g/mol. The first-order chi connectivity index (χ1) is 9.34. The molecular weight excluding hydrogens is 333 g/mol. The molecule has 0 spiro atoms. The molecule has 1 rings (SSSR count). The minimum absolute atomic E-state index is 0.484. The van der Waals surface area contributed by atoms with Gasteiger partial charge in [-0.2, -0.15) is 13.2 Å². The van der Waals surface area contributed by atoms with Gasteiger partial charge in [0, 0.05) is 24.1 Å². The van der Waals surface area contributed by atoms with Gasteiger partial charge >= 0.3 is 6.18 Å². The van der Waals surface area contributed by atoms with E-state index in [0.29, 0.717) is 16.6 Å². The quantitative estimate of drug-likeness (QED) is 0.748. The molecule has 0 fully saturated rings. The SMILES string of the molecule is CCCNCCN(C)Cc1cc(C(F)(F)F)ccc1Br. The van der Waals surface area contributed by atoms with Crippen LogP contribution < -0.4 is 5.32 Å². The summed E-state index contributed by atoms with van der Waals surface area (Å²) in [6.45, 7) is 5.17. The highest BCUT2D eigenvalue weighted by atomic mass is 79.9. The van der Waals surface area contributed by atoms with Crippen LogP contribution in [0.25, 0.3) is 0 Å². The topological polar surface area (TPSA) is 15.3 Å². The van der Waals surface area contributed by atoms with Crippen LogP contribution in [0.15, 0.2) is 22.7 Å². The Morgan fingerprint density at radius 3 is 2.55 bits per heavy atom. The maximum absolute atomic E-state index is 12.7. The van der Waals surface area contributed by atoms with E-state index in [-0.39, 0.29) is 0 Å². The number of rotatable bonds is 7. The molecule has 1 N–H and O–H groups in total. The van der Waals surface area contributed by atoms with Crippen molar-refractivity contribution in [3.05, 3.63) is 33.8 Å². The van der Waals surface area contributed by atoms with E-state index in [2.05, 4.69) is 28.2 Å². The Balaban J connectivity index is 2.62. The number of nitrogens with zero attached hydrogens (tertiary/aromatic N) is 1. The van der Waals surface area contributed by atoms with Crippen molar-refractivity contribution >= 4 is 15.9 Å². The summed E-state index contributed by atoms with van der Waals surface area (Å²) in [5.74, 6) is 0. The number of nitrogens with one attached hydrogen (secondary N) is 1. The molecule has 0 unspecified atom stereocenters. The van der Waals surface area contributed by atoms with Gasteiger partial charge in [0.15, 0.2) is 0 Å². The molecule has 0 aliphatic carbocycles. The van der Waals surface area contributed by atoms with Gasteiger partial charge < -0.3 is 10.2 Å². The van der Waals surface area contributed by atoms with Crippen LogP contribution in [0.2, 0.25) is 0 Å². The molecule has 0 atom stereocenters. The number of benzene rings is 1. The van der Waals surface area contributed by atoms with E-state index in [1.165, 1.54) is 12.1 Å². The fourth-order valence-electron chi connectivity index (χ4n) is 1.81. The van der Waals surface area contributed by atoms with Crippen LogP contribution >= 0.6 is 15.9 Å². The Kier molecular flexibility index (Phi) is 6.99. The highest BCUT2D eigenvalue weighted by molar-refractivity contribution is 9.10. The summed E-state index contributed by atoms with van der Waals surface area (Å²) in [7, 11) is 1.90. The highest BCUT2D eigenvalue weighted by Crippen LogP contribution is 2.32. The number of alkyl halides is 3. The van der Waals surface area contributed by atoms with Crippen molar-refractivity contribution in [1.82, 2.24) is 10.2 Å². The van der Waals surface area contributed by atoms with Gasteiger partial charge in [-0.05, 0) is 43.8 Å². The first-order valence-electron chi connectivity index (χ1n) is 6.59. The van der Waals surface area contributed by atoms with Crippen LogP contribution in [0.4, 0.5) is 13.2 Å². The number of likely N-dealkylation sites (N-methyl/N-ethyl adjacent to an activating group) is 1. The van der Waals surface area contributed by atoms with Crippen LogP contribution in [0.5, 0.6) is 0 Å². The average Bonchev–Trinajstić information content (AvgIpc) is 2.36. The molecule has 1 aromatic carbocycles.